The Morgan fingerprint density at radius 3 is 2.35 bits per heavy atom. The summed E-state index contributed by atoms with van der Waals surface area (Å²) < 4.78 is 37.7. The van der Waals surface area contributed by atoms with E-state index in [-0.39, 0.29) is 18.1 Å². The summed E-state index contributed by atoms with van der Waals surface area (Å²) in [6.45, 7) is 4.42. The van der Waals surface area contributed by atoms with Crippen LogP contribution in [0, 0.1) is 6.92 Å². The minimum atomic E-state index is -4.28. The zero-order chi connectivity index (χ0) is 11.8. The molecule has 98 valence electrons. The molecule has 1 aliphatic heterocycles. The molecule has 1 saturated heterocycles. The number of thiazole rings is 1. The Kier molecular flexibility index (Phi) is 4.62. The van der Waals surface area contributed by atoms with Crippen LogP contribution in [0.1, 0.15) is 10.6 Å². The average molecular weight is 288 g/mol. The van der Waals surface area contributed by atoms with Crippen molar-refractivity contribution in [3.05, 3.63) is 10.6 Å². The number of halogens is 4. The summed E-state index contributed by atoms with van der Waals surface area (Å²) in [5.74, 6) is 0. The van der Waals surface area contributed by atoms with Crippen LogP contribution < -0.4 is 10.2 Å². The van der Waals surface area contributed by atoms with Crippen LogP contribution in [0.25, 0.3) is 0 Å². The predicted octanol–water partition coefficient (Wildman–Crippen LogP) is 2.30. The van der Waals surface area contributed by atoms with E-state index < -0.39 is 11.1 Å². The van der Waals surface area contributed by atoms with Crippen LogP contribution >= 0.6 is 23.7 Å². The van der Waals surface area contributed by atoms with Crippen molar-refractivity contribution >= 4 is 28.9 Å². The number of hydrogen-bond donors (Lipinski definition) is 1. The van der Waals surface area contributed by atoms with Gasteiger partial charge >= 0.3 is 6.18 Å². The summed E-state index contributed by atoms with van der Waals surface area (Å²) in [6, 6.07) is 0. The molecular weight excluding hydrogens is 275 g/mol. The molecule has 1 fully saturated rings. The first-order valence-corrected chi connectivity index (χ1v) is 5.80. The van der Waals surface area contributed by atoms with Crippen LogP contribution in [0.3, 0.4) is 0 Å². The van der Waals surface area contributed by atoms with Gasteiger partial charge in [-0.2, -0.15) is 13.2 Å². The second-order valence-corrected chi connectivity index (χ2v) is 4.62. The molecule has 3 nitrogen and oxygen atoms in total. The highest BCUT2D eigenvalue weighted by atomic mass is 35.5. The first kappa shape index (κ1) is 14.5. The molecule has 1 N–H and O–H groups in total. The van der Waals surface area contributed by atoms with Gasteiger partial charge in [0.1, 0.15) is 4.88 Å². The zero-order valence-electron chi connectivity index (χ0n) is 9.17. The van der Waals surface area contributed by atoms with Crippen LogP contribution in [0.5, 0.6) is 0 Å². The van der Waals surface area contributed by atoms with Crippen molar-refractivity contribution in [2.24, 2.45) is 0 Å². The lowest BCUT2D eigenvalue weighted by Crippen LogP contribution is -2.43. The first-order chi connectivity index (χ1) is 7.48. The van der Waals surface area contributed by atoms with E-state index in [1.54, 1.807) is 0 Å². The Morgan fingerprint density at radius 2 is 1.88 bits per heavy atom. The average Bonchev–Trinajstić information content (AvgIpc) is 2.61. The molecule has 0 radical (unpaired) electrons. The predicted molar refractivity (Wildman–Crippen MR) is 64.2 cm³/mol. The maximum absolute atomic E-state index is 12.6. The molecule has 0 spiro atoms. The van der Waals surface area contributed by atoms with Gasteiger partial charge in [0.25, 0.3) is 0 Å². The molecule has 2 heterocycles. The topological polar surface area (TPSA) is 28.2 Å². The van der Waals surface area contributed by atoms with E-state index in [0.29, 0.717) is 18.2 Å². The van der Waals surface area contributed by atoms with Crippen molar-refractivity contribution in [3.63, 3.8) is 0 Å². The maximum atomic E-state index is 12.6. The van der Waals surface area contributed by atoms with Crippen molar-refractivity contribution in [2.45, 2.75) is 13.1 Å². The SMILES string of the molecule is Cc1nc(N2CCNCC2)sc1C(F)(F)F.Cl. The summed E-state index contributed by atoms with van der Waals surface area (Å²) in [5, 5.41) is 3.63. The Hall–Kier alpha value is -0.530. The highest BCUT2D eigenvalue weighted by molar-refractivity contribution is 7.15. The van der Waals surface area contributed by atoms with E-state index in [4.69, 9.17) is 0 Å². The lowest BCUT2D eigenvalue weighted by atomic mass is 10.4. The van der Waals surface area contributed by atoms with Gasteiger partial charge in [0.2, 0.25) is 0 Å². The maximum Gasteiger partial charge on any atom is 0.427 e. The molecule has 1 aliphatic rings. The Balaban J connectivity index is 0.00000144. The Bertz CT molecular complexity index is 374. The van der Waals surface area contributed by atoms with Gasteiger partial charge in [0, 0.05) is 26.2 Å². The van der Waals surface area contributed by atoms with E-state index >= 15 is 0 Å². The van der Waals surface area contributed by atoms with Gasteiger partial charge in [0.15, 0.2) is 5.13 Å². The number of anilines is 1. The quantitative estimate of drug-likeness (QED) is 0.859. The van der Waals surface area contributed by atoms with E-state index in [1.807, 2.05) is 4.90 Å². The van der Waals surface area contributed by atoms with Crippen molar-refractivity contribution in [1.29, 1.82) is 0 Å². The third-order valence-electron chi connectivity index (χ3n) is 2.43. The summed E-state index contributed by atoms with van der Waals surface area (Å²) >= 11 is 0.735. The minimum absolute atomic E-state index is 0. The second-order valence-electron chi connectivity index (χ2n) is 3.65. The van der Waals surface area contributed by atoms with E-state index in [0.717, 1.165) is 24.4 Å². The number of aromatic nitrogens is 1. The fourth-order valence-corrected chi connectivity index (χ4v) is 2.62. The fraction of sp³-hybridized carbons (Fsp3) is 0.667. The van der Waals surface area contributed by atoms with Crippen molar-refractivity contribution in [1.82, 2.24) is 10.3 Å². The Morgan fingerprint density at radius 1 is 1.29 bits per heavy atom. The van der Waals surface area contributed by atoms with Gasteiger partial charge in [-0.1, -0.05) is 11.3 Å². The highest BCUT2D eigenvalue weighted by Gasteiger charge is 2.36. The van der Waals surface area contributed by atoms with E-state index in [9.17, 15) is 13.2 Å². The zero-order valence-corrected chi connectivity index (χ0v) is 10.8. The summed E-state index contributed by atoms with van der Waals surface area (Å²) in [4.78, 5) is 5.31. The normalized spacial score (nSPS) is 16.8. The van der Waals surface area contributed by atoms with Crippen LogP contribution in [-0.4, -0.2) is 31.2 Å². The van der Waals surface area contributed by atoms with Gasteiger partial charge in [-0.05, 0) is 6.92 Å². The van der Waals surface area contributed by atoms with E-state index in [1.165, 1.54) is 6.92 Å². The van der Waals surface area contributed by atoms with Crippen LogP contribution in [0.15, 0.2) is 0 Å². The number of rotatable bonds is 1. The lowest BCUT2D eigenvalue weighted by molar-refractivity contribution is -0.134. The molecule has 0 aromatic carbocycles. The van der Waals surface area contributed by atoms with Crippen LogP contribution in [0.2, 0.25) is 0 Å². The summed E-state index contributed by atoms with van der Waals surface area (Å²) in [6.07, 6.45) is -4.28. The number of aryl methyl sites for hydroxylation is 1. The van der Waals surface area contributed by atoms with Crippen molar-refractivity contribution < 1.29 is 13.2 Å². The third kappa shape index (κ3) is 3.23. The largest absolute Gasteiger partial charge is 0.427 e. The van der Waals surface area contributed by atoms with Crippen LogP contribution in [-0.2, 0) is 6.18 Å². The van der Waals surface area contributed by atoms with Crippen LogP contribution in [0.4, 0.5) is 18.3 Å². The van der Waals surface area contributed by atoms with Crippen molar-refractivity contribution in [2.75, 3.05) is 31.1 Å². The standard InChI is InChI=1S/C9H12F3N3S.ClH/c1-6-7(9(10,11)12)16-8(14-6)15-4-2-13-3-5-15;/h13H,2-5H2,1H3;1H. The smallest absolute Gasteiger partial charge is 0.346 e. The molecule has 0 bridgehead atoms. The molecule has 8 heteroatoms. The fourth-order valence-electron chi connectivity index (χ4n) is 1.64. The van der Waals surface area contributed by atoms with Gasteiger partial charge in [0.05, 0.1) is 5.69 Å². The molecule has 17 heavy (non-hydrogen) atoms. The molecule has 0 atom stereocenters. The van der Waals surface area contributed by atoms with E-state index in [2.05, 4.69) is 10.3 Å². The molecule has 2 rings (SSSR count). The molecular formula is C9H13ClF3N3S. The number of alkyl halides is 3. The molecule has 0 unspecified atom stereocenters. The number of nitrogens with one attached hydrogen (secondary N) is 1. The summed E-state index contributed by atoms with van der Waals surface area (Å²) in [7, 11) is 0. The molecule has 1 aromatic heterocycles. The second kappa shape index (κ2) is 5.41. The monoisotopic (exact) mass is 287 g/mol. The Labute approximate surface area is 107 Å². The van der Waals surface area contributed by atoms with Gasteiger partial charge < -0.3 is 10.2 Å². The molecule has 0 aliphatic carbocycles. The number of hydrogen-bond acceptors (Lipinski definition) is 4. The highest BCUT2D eigenvalue weighted by Crippen LogP contribution is 2.38. The summed E-state index contributed by atoms with van der Waals surface area (Å²) in [5.41, 5.74) is 0.0750. The van der Waals surface area contributed by atoms with Gasteiger partial charge in [-0.25, -0.2) is 4.98 Å². The minimum Gasteiger partial charge on any atom is -0.346 e. The molecule has 0 amide bonds. The number of piperazine rings is 1. The molecule has 1 aromatic rings. The third-order valence-corrected chi connectivity index (χ3v) is 3.69. The molecule has 0 saturated carbocycles. The van der Waals surface area contributed by atoms with Gasteiger partial charge in [-0.3, -0.25) is 0 Å². The lowest BCUT2D eigenvalue weighted by Gasteiger charge is -2.26. The van der Waals surface area contributed by atoms with Crippen molar-refractivity contribution in [3.8, 4) is 0 Å². The first-order valence-electron chi connectivity index (χ1n) is 4.99. The van der Waals surface area contributed by atoms with Gasteiger partial charge in [-0.15, -0.1) is 12.4 Å². The number of nitrogens with zero attached hydrogens (tertiary/aromatic N) is 2.